The van der Waals surface area contributed by atoms with Crippen molar-refractivity contribution in [2.45, 2.75) is 25.7 Å². The maximum absolute atomic E-state index is 13.9. The number of carbonyl (C=O) groups is 2. The molecule has 0 unspecified atom stereocenters. The number of aryl methyl sites for hydroxylation is 1. The molecule has 1 saturated heterocycles. The minimum atomic E-state index is -0.344. The summed E-state index contributed by atoms with van der Waals surface area (Å²) in [7, 11) is 0. The number of hydrogen-bond donors (Lipinski definition) is 1. The molecule has 0 radical (unpaired) electrons. The van der Waals surface area contributed by atoms with Crippen LogP contribution in [0.5, 0.6) is 0 Å². The van der Waals surface area contributed by atoms with Crippen LogP contribution >= 0.6 is 11.6 Å². The second-order valence-corrected chi connectivity index (χ2v) is 8.19. The van der Waals surface area contributed by atoms with Crippen LogP contribution < -0.4 is 5.32 Å². The van der Waals surface area contributed by atoms with E-state index in [0.717, 1.165) is 0 Å². The van der Waals surface area contributed by atoms with E-state index in [-0.39, 0.29) is 23.5 Å². The maximum atomic E-state index is 13.9. The van der Waals surface area contributed by atoms with Gasteiger partial charge in [0.25, 0.3) is 0 Å². The zero-order chi connectivity index (χ0) is 22.5. The van der Waals surface area contributed by atoms with E-state index in [0.29, 0.717) is 66.7 Å². The first-order valence-corrected chi connectivity index (χ1v) is 10.9. The van der Waals surface area contributed by atoms with E-state index in [2.05, 4.69) is 10.3 Å². The van der Waals surface area contributed by atoms with Crippen molar-refractivity contribution >= 4 is 29.2 Å². The van der Waals surface area contributed by atoms with Gasteiger partial charge in [0.1, 0.15) is 23.2 Å². The molecule has 2 aromatic heterocycles. The zero-order valence-corrected chi connectivity index (χ0v) is 18.1. The Balaban J connectivity index is 1.24. The second-order valence-electron chi connectivity index (χ2n) is 7.75. The molecular weight excluding hydrogens is 433 g/mol. The van der Waals surface area contributed by atoms with E-state index < -0.39 is 0 Å². The topological polar surface area (TPSA) is 75.4 Å². The molecular formula is C24H23ClFN3O3. The van der Waals surface area contributed by atoms with E-state index in [9.17, 15) is 14.0 Å². The van der Waals surface area contributed by atoms with Gasteiger partial charge < -0.3 is 14.6 Å². The number of pyridine rings is 1. The van der Waals surface area contributed by atoms with Crippen LogP contribution in [0.25, 0.3) is 11.3 Å². The average molecular weight is 456 g/mol. The Kier molecular flexibility index (Phi) is 6.85. The summed E-state index contributed by atoms with van der Waals surface area (Å²) in [5.74, 6) is 0.975. The number of benzene rings is 1. The van der Waals surface area contributed by atoms with Crippen molar-refractivity contribution in [1.29, 1.82) is 0 Å². The normalized spacial score (nSPS) is 14.4. The quantitative estimate of drug-likeness (QED) is 0.571. The van der Waals surface area contributed by atoms with Crippen LogP contribution in [0.15, 0.2) is 59.1 Å². The van der Waals surface area contributed by atoms with Gasteiger partial charge in [-0.15, -0.1) is 0 Å². The van der Waals surface area contributed by atoms with Crippen LogP contribution in [0.4, 0.5) is 10.2 Å². The Morgan fingerprint density at radius 2 is 1.91 bits per heavy atom. The van der Waals surface area contributed by atoms with Crippen LogP contribution in [-0.4, -0.2) is 34.8 Å². The van der Waals surface area contributed by atoms with Crippen LogP contribution in [0, 0.1) is 11.7 Å². The fraction of sp³-hybridized carbons (Fsp3) is 0.292. The minimum Gasteiger partial charge on any atom is -0.461 e. The zero-order valence-electron chi connectivity index (χ0n) is 17.4. The Labute approximate surface area is 190 Å². The number of nitrogens with one attached hydrogen (secondary N) is 1. The molecule has 1 N–H and O–H groups in total. The van der Waals surface area contributed by atoms with Crippen molar-refractivity contribution < 1.29 is 18.4 Å². The van der Waals surface area contributed by atoms with Crippen molar-refractivity contribution in [3.8, 4) is 11.3 Å². The first-order valence-electron chi connectivity index (χ1n) is 10.5. The van der Waals surface area contributed by atoms with E-state index >= 15 is 0 Å². The van der Waals surface area contributed by atoms with Crippen molar-refractivity contribution in [3.05, 3.63) is 71.3 Å². The molecule has 0 spiro atoms. The number of piperidine rings is 1. The lowest BCUT2D eigenvalue weighted by molar-refractivity contribution is -0.134. The molecule has 4 rings (SSSR count). The summed E-state index contributed by atoms with van der Waals surface area (Å²) < 4.78 is 19.6. The summed E-state index contributed by atoms with van der Waals surface area (Å²) in [5, 5.41) is 3.31. The van der Waals surface area contributed by atoms with Gasteiger partial charge in [0.15, 0.2) is 0 Å². The number of halogens is 2. The third-order valence-electron chi connectivity index (χ3n) is 5.58. The number of aromatic nitrogens is 1. The van der Waals surface area contributed by atoms with Crippen LogP contribution in [0.2, 0.25) is 5.02 Å². The number of rotatable bonds is 6. The lowest BCUT2D eigenvalue weighted by Gasteiger charge is -2.31. The molecule has 0 bridgehead atoms. The van der Waals surface area contributed by atoms with Gasteiger partial charge >= 0.3 is 0 Å². The highest BCUT2D eigenvalue weighted by Gasteiger charge is 2.27. The number of likely N-dealkylation sites (tertiary alicyclic amines) is 1. The van der Waals surface area contributed by atoms with E-state index in [1.165, 1.54) is 12.3 Å². The van der Waals surface area contributed by atoms with Gasteiger partial charge in [-0.2, -0.15) is 0 Å². The maximum Gasteiger partial charge on any atom is 0.228 e. The molecule has 1 aliphatic rings. The molecule has 0 saturated carbocycles. The summed E-state index contributed by atoms with van der Waals surface area (Å²) in [6.45, 7) is 1.06. The molecule has 32 heavy (non-hydrogen) atoms. The van der Waals surface area contributed by atoms with Gasteiger partial charge in [0.2, 0.25) is 11.8 Å². The summed E-state index contributed by atoms with van der Waals surface area (Å²) in [4.78, 5) is 30.9. The standard InChI is InChI=1S/C24H23ClFN3O3/c25-17-5-9-22(27-15-17)28-24(31)16-11-13-29(14-12-16)23(30)10-7-18-6-8-21(32-18)19-3-1-2-4-20(19)26/h1-6,8-9,15-16H,7,10-14H2,(H,27,28,31). The second kappa shape index (κ2) is 9.96. The number of carbonyl (C=O) groups excluding carboxylic acids is 2. The van der Waals surface area contributed by atoms with E-state index in [1.54, 1.807) is 47.4 Å². The highest BCUT2D eigenvalue weighted by atomic mass is 35.5. The van der Waals surface area contributed by atoms with Gasteiger partial charge in [-0.3, -0.25) is 9.59 Å². The molecule has 0 atom stereocenters. The Hall–Kier alpha value is -3.19. The molecule has 3 heterocycles. The molecule has 166 valence electrons. The number of hydrogen-bond acceptors (Lipinski definition) is 4. The lowest BCUT2D eigenvalue weighted by atomic mass is 9.95. The SMILES string of the molecule is O=C(Nc1ccc(Cl)cn1)C1CCN(C(=O)CCc2ccc(-c3ccccc3F)o2)CC1. The Morgan fingerprint density at radius 3 is 2.62 bits per heavy atom. The molecule has 8 heteroatoms. The smallest absolute Gasteiger partial charge is 0.228 e. The number of furan rings is 1. The number of anilines is 1. The van der Waals surface area contributed by atoms with Gasteiger partial charge in [-0.05, 0) is 49.2 Å². The van der Waals surface area contributed by atoms with Crippen molar-refractivity contribution in [2.24, 2.45) is 5.92 Å². The minimum absolute atomic E-state index is 0.0204. The molecule has 0 aliphatic carbocycles. The third kappa shape index (κ3) is 5.34. The molecule has 1 aliphatic heterocycles. The molecule has 1 aromatic carbocycles. The van der Waals surface area contributed by atoms with E-state index in [1.807, 2.05) is 0 Å². The monoisotopic (exact) mass is 455 g/mol. The van der Waals surface area contributed by atoms with Crippen molar-refractivity contribution in [3.63, 3.8) is 0 Å². The summed E-state index contributed by atoms with van der Waals surface area (Å²) in [5.41, 5.74) is 0.402. The number of nitrogens with zero attached hydrogens (tertiary/aromatic N) is 2. The predicted octanol–water partition coefficient (Wildman–Crippen LogP) is 4.94. The van der Waals surface area contributed by atoms with Crippen LogP contribution in [0.1, 0.15) is 25.0 Å². The van der Waals surface area contributed by atoms with Crippen LogP contribution in [-0.2, 0) is 16.0 Å². The third-order valence-corrected chi connectivity index (χ3v) is 5.81. The van der Waals surface area contributed by atoms with Crippen LogP contribution in [0.3, 0.4) is 0 Å². The lowest BCUT2D eigenvalue weighted by Crippen LogP contribution is -2.41. The Bertz CT molecular complexity index is 1090. The first kappa shape index (κ1) is 22.0. The highest BCUT2D eigenvalue weighted by Crippen LogP contribution is 2.26. The molecule has 1 fully saturated rings. The fourth-order valence-corrected chi connectivity index (χ4v) is 3.89. The average Bonchev–Trinajstić information content (AvgIpc) is 3.28. The summed E-state index contributed by atoms with van der Waals surface area (Å²) >= 11 is 5.81. The van der Waals surface area contributed by atoms with Crippen molar-refractivity contribution in [1.82, 2.24) is 9.88 Å². The largest absolute Gasteiger partial charge is 0.461 e. The predicted molar refractivity (Wildman–Crippen MR) is 120 cm³/mol. The van der Waals surface area contributed by atoms with Gasteiger partial charge in [-0.25, -0.2) is 9.37 Å². The van der Waals surface area contributed by atoms with E-state index in [4.69, 9.17) is 16.0 Å². The van der Waals surface area contributed by atoms with Crippen molar-refractivity contribution in [2.75, 3.05) is 18.4 Å². The fourth-order valence-electron chi connectivity index (χ4n) is 3.78. The molecule has 2 amide bonds. The molecule has 6 nitrogen and oxygen atoms in total. The molecule has 3 aromatic rings. The number of amides is 2. The van der Waals surface area contributed by atoms with Gasteiger partial charge in [0, 0.05) is 38.0 Å². The Morgan fingerprint density at radius 1 is 1.12 bits per heavy atom. The summed E-state index contributed by atoms with van der Waals surface area (Å²) in [6, 6.07) is 13.2. The highest BCUT2D eigenvalue weighted by molar-refractivity contribution is 6.30. The summed E-state index contributed by atoms with van der Waals surface area (Å²) in [6.07, 6.45) is 3.43. The first-order chi connectivity index (χ1) is 15.5. The van der Waals surface area contributed by atoms with Gasteiger partial charge in [0.05, 0.1) is 10.6 Å². The van der Waals surface area contributed by atoms with Gasteiger partial charge in [-0.1, -0.05) is 23.7 Å².